The monoisotopic (exact) mass is 206 g/mol. The first-order chi connectivity index (χ1) is 7.19. The molecule has 0 atom stereocenters. The summed E-state index contributed by atoms with van der Waals surface area (Å²) in [7, 11) is 0. The number of benzene rings is 1. The Kier molecular flexibility index (Phi) is 7.11. The van der Waals surface area contributed by atoms with Crippen molar-refractivity contribution in [2.24, 2.45) is 0 Å². The number of aryl methyl sites for hydroxylation is 4. The van der Waals surface area contributed by atoms with E-state index < -0.39 is 0 Å². The topological polar surface area (TPSA) is 0 Å². The molecule has 0 heterocycles. The second-order valence-corrected chi connectivity index (χ2v) is 3.81. The van der Waals surface area contributed by atoms with Crippen LogP contribution in [0.3, 0.4) is 0 Å². The fourth-order valence-electron chi connectivity index (χ4n) is 1.77. The van der Waals surface area contributed by atoms with Gasteiger partial charge in [-0.3, -0.25) is 0 Å². The minimum atomic E-state index is 1.16. The molecular weight excluding hydrogens is 180 g/mol. The Morgan fingerprint density at radius 2 is 1.33 bits per heavy atom. The van der Waals surface area contributed by atoms with Crippen LogP contribution >= 0.6 is 0 Å². The molecule has 0 aliphatic heterocycles. The van der Waals surface area contributed by atoms with Gasteiger partial charge in [-0.05, 0) is 48.9 Å². The first-order valence-electron chi connectivity index (χ1n) is 6.28. The van der Waals surface area contributed by atoms with E-state index in [9.17, 15) is 0 Å². The van der Waals surface area contributed by atoms with Crippen LogP contribution in [0.15, 0.2) is 12.1 Å². The van der Waals surface area contributed by atoms with Gasteiger partial charge in [0.1, 0.15) is 0 Å². The predicted octanol–water partition coefficient (Wildman–Crippen LogP) is 4.84. The third-order valence-electron chi connectivity index (χ3n) is 2.72. The molecule has 0 aliphatic carbocycles. The van der Waals surface area contributed by atoms with Crippen molar-refractivity contribution >= 4 is 0 Å². The lowest BCUT2D eigenvalue weighted by Gasteiger charge is -2.10. The number of rotatable bonds is 3. The highest BCUT2D eigenvalue weighted by Gasteiger charge is 2.02. The summed E-state index contributed by atoms with van der Waals surface area (Å²) < 4.78 is 0. The molecule has 1 aromatic rings. The van der Waals surface area contributed by atoms with Crippen LogP contribution in [0.4, 0.5) is 0 Å². The largest absolute Gasteiger partial charge is 0.0683 e. The number of hydrogen-bond donors (Lipinski definition) is 0. The van der Waals surface area contributed by atoms with Crippen LogP contribution in [0.5, 0.6) is 0 Å². The summed E-state index contributed by atoms with van der Waals surface area (Å²) in [5.74, 6) is 0. The van der Waals surface area contributed by atoms with Crippen molar-refractivity contribution in [1.82, 2.24) is 0 Å². The van der Waals surface area contributed by atoms with Gasteiger partial charge in [-0.1, -0.05) is 46.2 Å². The highest BCUT2D eigenvalue weighted by molar-refractivity contribution is 5.37. The molecule has 0 unspecified atom stereocenters. The van der Waals surface area contributed by atoms with E-state index in [0.29, 0.717) is 0 Å². The summed E-state index contributed by atoms with van der Waals surface area (Å²) in [5.41, 5.74) is 5.94. The van der Waals surface area contributed by atoms with E-state index in [1.54, 1.807) is 5.56 Å². The van der Waals surface area contributed by atoms with E-state index in [2.05, 4.69) is 39.8 Å². The van der Waals surface area contributed by atoms with Crippen molar-refractivity contribution in [2.75, 3.05) is 0 Å². The molecule has 0 saturated heterocycles. The van der Waals surface area contributed by atoms with Crippen LogP contribution in [0.1, 0.15) is 56.4 Å². The van der Waals surface area contributed by atoms with Crippen molar-refractivity contribution in [1.29, 1.82) is 0 Å². The molecule has 0 amide bonds. The van der Waals surface area contributed by atoms with Crippen molar-refractivity contribution in [3.63, 3.8) is 0 Å². The van der Waals surface area contributed by atoms with Crippen molar-refractivity contribution in [3.8, 4) is 0 Å². The lowest BCUT2D eigenvalue weighted by atomic mass is 9.96. The smallest absolute Gasteiger partial charge is 0.0279 e. The normalized spacial score (nSPS) is 9.47. The van der Waals surface area contributed by atoms with Crippen LogP contribution in [0, 0.1) is 13.8 Å². The molecule has 15 heavy (non-hydrogen) atoms. The molecule has 1 rings (SSSR count). The number of hydrogen-bond acceptors (Lipinski definition) is 0. The maximum absolute atomic E-state index is 2.36. The van der Waals surface area contributed by atoms with Gasteiger partial charge in [0.05, 0.1) is 0 Å². The van der Waals surface area contributed by atoms with Crippen molar-refractivity contribution in [3.05, 3.63) is 34.4 Å². The predicted molar refractivity (Wildman–Crippen MR) is 70.6 cm³/mol. The molecule has 0 fully saturated rings. The lowest BCUT2D eigenvalue weighted by Crippen LogP contribution is -1.95. The Morgan fingerprint density at radius 1 is 0.867 bits per heavy atom. The Morgan fingerprint density at radius 3 is 1.73 bits per heavy atom. The first-order valence-corrected chi connectivity index (χ1v) is 6.28. The summed E-state index contributed by atoms with van der Waals surface area (Å²) in [4.78, 5) is 0. The summed E-state index contributed by atoms with van der Waals surface area (Å²) in [6, 6.07) is 4.71. The maximum Gasteiger partial charge on any atom is -0.0279 e. The Labute approximate surface area is 95.7 Å². The van der Waals surface area contributed by atoms with Gasteiger partial charge in [0.25, 0.3) is 0 Å². The Balaban J connectivity index is 0.000000921. The van der Waals surface area contributed by atoms with E-state index in [1.807, 2.05) is 13.8 Å². The minimum Gasteiger partial charge on any atom is -0.0683 e. The zero-order valence-electron chi connectivity index (χ0n) is 11.3. The van der Waals surface area contributed by atoms with E-state index in [4.69, 9.17) is 0 Å². The second-order valence-electron chi connectivity index (χ2n) is 3.81. The van der Waals surface area contributed by atoms with Gasteiger partial charge >= 0.3 is 0 Å². The van der Waals surface area contributed by atoms with Crippen LogP contribution in [0.2, 0.25) is 0 Å². The third kappa shape index (κ3) is 4.07. The minimum absolute atomic E-state index is 1.16. The van der Waals surface area contributed by atoms with Gasteiger partial charge in [-0.2, -0.15) is 0 Å². The zero-order chi connectivity index (χ0) is 11.8. The molecule has 0 N–H and O–H groups in total. The Bertz CT molecular complexity index is 284. The van der Waals surface area contributed by atoms with Gasteiger partial charge in [0.15, 0.2) is 0 Å². The summed E-state index contributed by atoms with van der Waals surface area (Å²) in [6.45, 7) is 12.9. The first kappa shape index (κ1) is 14.2. The van der Waals surface area contributed by atoms with Crippen LogP contribution in [-0.4, -0.2) is 0 Å². The lowest BCUT2D eigenvalue weighted by molar-refractivity contribution is 0.895. The average molecular weight is 206 g/mol. The van der Waals surface area contributed by atoms with Crippen molar-refractivity contribution in [2.45, 2.75) is 60.8 Å². The maximum atomic E-state index is 2.36. The highest BCUT2D eigenvalue weighted by Crippen LogP contribution is 2.18. The van der Waals surface area contributed by atoms with Gasteiger partial charge in [-0.25, -0.2) is 0 Å². The molecule has 0 bridgehead atoms. The standard InChI is InChI=1S/C13H20.C2H6/c1-5-7-13-9-11(4)10(3)8-12(13)6-2;1-2/h8-9H,5-7H2,1-4H3;1-2H3. The molecule has 0 spiro atoms. The quantitative estimate of drug-likeness (QED) is 0.663. The molecule has 0 heteroatoms. The van der Waals surface area contributed by atoms with Crippen LogP contribution in [-0.2, 0) is 12.8 Å². The fraction of sp³-hybridized carbons (Fsp3) is 0.600. The summed E-state index contributed by atoms with van der Waals surface area (Å²) in [5, 5.41) is 0. The molecule has 0 saturated carbocycles. The summed E-state index contributed by atoms with van der Waals surface area (Å²) >= 11 is 0. The molecular formula is C15H26. The Hall–Kier alpha value is -0.780. The zero-order valence-corrected chi connectivity index (χ0v) is 11.3. The van der Waals surface area contributed by atoms with E-state index in [1.165, 1.54) is 29.5 Å². The SMILES string of the molecule is CC.CCCc1cc(C)c(C)cc1CC. The average Bonchev–Trinajstić information content (AvgIpc) is 2.26. The highest BCUT2D eigenvalue weighted by atomic mass is 14.1. The van der Waals surface area contributed by atoms with Gasteiger partial charge in [0.2, 0.25) is 0 Å². The summed E-state index contributed by atoms with van der Waals surface area (Å²) in [6.07, 6.45) is 3.64. The van der Waals surface area contributed by atoms with Crippen LogP contribution < -0.4 is 0 Å². The molecule has 0 aromatic heterocycles. The fourth-order valence-corrected chi connectivity index (χ4v) is 1.77. The van der Waals surface area contributed by atoms with Gasteiger partial charge in [-0.15, -0.1) is 0 Å². The van der Waals surface area contributed by atoms with E-state index in [0.717, 1.165) is 6.42 Å². The van der Waals surface area contributed by atoms with Gasteiger partial charge < -0.3 is 0 Å². The van der Waals surface area contributed by atoms with Crippen LogP contribution in [0.25, 0.3) is 0 Å². The van der Waals surface area contributed by atoms with Crippen molar-refractivity contribution < 1.29 is 0 Å². The molecule has 0 aliphatic rings. The van der Waals surface area contributed by atoms with E-state index in [-0.39, 0.29) is 0 Å². The second kappa shape index (κ2) is 7.50. The molecule has 1 aromatic carbocycles. The molecule has 0 nitrogen and oxygen atoms in total. The van der Waals surface area contributed by atoms with Gasteiger partial charge in [0, 0.05) is 0 Å². The van der Waals surface area contributed by atoms with E-state index >= 15 is 0 Å². The third-order valence-corrected chi connectivity index (χ3v) is 2.72. The molecule has 86 valence electrons. The molecule has 0 radical (unpaired) electrons.